The number of sulfonamides is 1. The highest BCUT2D eigenvalue weighted by Crippen LogP contribution is 2.19. The number of rotatable bonds is 8. The second kappa shape index (κ2) is 10.1. The van der Waals surface area contributed by atoms with Crippen LogP contribution in [0, 0.1) is 11.3 Å². The zero-order valence-corrected chi connectivity index (χ0v) is 16.1. The third-order valence-corrected chi connectivity index (χ3v) is 5.21. The van der Waals surface area contributed by atoms with Gasteiger partial charge in [0.2, 0.25) is 0 Å². The monoisotopic (exact) mass is 400 g/mol. The molecule has 1 amide bonds. The van der Waals surface area contributed by atoms with Crippen molar-refractivity contribution in [3.8, 4) is 6.07 Å². The third-order valence-electron chi connectivity index (χ3n) is 3.61. The molecular formula is C20H20N2O5S. The van der Waals surface area contributed by atoms with Gasteiger partial charge in [-0.25, -0.2) is 4.79 Å². The number of ether oxygens (including phenoxy) is 2. The van der Waals surface area contributed by atoms with Crippen molar-refractivity contribution in [3.05, 3.63) is 83.0 Å². The summed E-state index contributed by atoms with van der Waals surface area (Å²) in [7, 11) is -4.45. The molecule has 2 rings (SSSR count). The quantitative estimate of drug-likeness (QED) is 0.496. The SMILES string of the molecule is CCO/C=C(\C#N)S(=O)(=O)N(Cc1ccccc1)C(=O)OCc1ccccc1. The highest BCUT2D eigenvalue weighted by molar-refractivity contribution is 7.93. The summed E-state index contributed by atoms with van der Waals surface area (Å²) in [5.41, 5.74) is 1.27. The Labute approximate surface area is 164 Å². The summed E-state index contributed by atoms with van der Waals surface area (Å²) in [4.78, 5) is 11.9. The molecule has 0 aliphatic rings. The van der Waals surface area contributed by atoms with Gasteiger partial charge in [0.15, 0.2) is 4.91 Å². The molecule has 0 radical (unpaired) electrons. The van der Waals surface area contributed by atoms with E-state index in [9.17, 15) is 18.5 Å². The Morgan fingerprint density at radius 3 is 2.18 bits per heavy atom. The van der Waals surface area contributed by atoms with Gasteiger partial charge in [0, 0.05) is 0 Å². The normalized spacial score (nSPS) is 11.4. The third kappa shape index (κ3) is 5.59. The summed E-state index contributed by atoms with van der Waals surface area (Å²) in [6.07, 6.45) is -0.247. The standard InChI is InChI=1S/C20H20N2O5S/c1-2-26-16-19(13-21)28(24,25)22(14-17-9-5-3-6-10-17)20(23)27-15-18-11-7-4-8-12-18/h3-12,16H,2,14-15H2,1H3/b19-16+. The lowest BCUT2D eigenvalue weighted by atomic mass is 10.2. The average Bonchev–Trinajstić information content (AvgIpc) is 2.72. The van der Waals surface area contributed by atoms with Crippen LogP contribution in [0.1, 0.15) is 18.1 Å². The van der Waals surface area contributed by atoms with Crippen LogP contribution in [-0.4, -0.2) is 25.4 Å². The predicted molar refractivity (Wildman–Crippen MR) is 103 cm³/mol. The molecule has 0 fully saturated rings. The average molecular weight is 400 g/mol. The van der Waals surface area contributed by atoms with Gasteiger partial charge in [-0.05, 0) is 18.1 Å². The molecule has 0 heterocycles. The van der Waals surface area contributed by atoms with Crippen molar-refractivity contribution in [3.63, 3.8) is 0 Å². The van der Waals surface area contributed by atoms with Crippen LogP contribution in [0.3, 0.4) is 0 Å². The Kier molecular flexibility index (Phi) is 7.60. The van der Waals surface area contributed by atoms with Crippen LogP contribution < -0.4 is 0 Å². The number of carbonyl (C=O) groups excluding carboxylic acids is 1. The second-order valence-corrected chi connectivity index (χ2v) is 7.42. The maximum absolute atomic E-state index is 12.9. The zero-order valence-electron chi connectivity index (χ0n) is 15.3. The van der Waals surface area contributed by atoms with E-state index in [1.165, 1.54) is 0 Å². The van der Waals surface area contributed by atoms with Crippen LogP contribution >= 0.6 is 0 Å². The summed E-state index contributed by atoms with van der Waals surface area (Å²) in [5, 5.41) is 9.24. The summed E-state index contributed by atoms with van der Waals surface area (Å²) in [6.45, 7) is 1.45. The first-order valence-electron chi connectivity index (χ1n) is 8.48. The van der Waals surface area contributed by atoms with E-state index in [1.807, 2.05) is 6.07 Å². The van der Waals surface area contributed by atoms with Gasteiger partial charge in [-0.2, -0.15) is 18.0 Å². The largest absolute Gasteiger partial charge is 0.499 e. The maximum atomic E-state index is 12.9. The molecular weight excluding hydrogens is 380 g/mol. The van der Waals surface area contributed by atoms with Gasteiger partial charge in [0.05, 0.1) is 13.2 Å². The van der Waals surface area contributed by atoms with Crippen LogP contribution in [0.25, 0.3) is 0 Å². The minimum absolute atomic E-state index is 0.0997. The summed E-state index contributed by atoms with van der Waals surface area (Å²) in [6, 6.07) is 19.0. The fourth-order valence-corrected chi connectivity index (χ4v) is 3.32. The Morgan fingerprint density at radius 2 is 1.64 bits per heavy atom. The lowest BCUT2D eigenvalue weighted by Crippen LogP contribution is -2.37. The van der Waals surface area contributed by atoms with Gasteiger partial charge in [-0.15, -0.1) is 0 Å². The summed E-state index contributed by atoms with van der Waals surface area (Å²) >= 11 is 0. The molecule has 0 atom stereocenters. The number of benzene rings is 2. The molecule has 146 valence electrons. The van der Waals surface area contributed by atoms with Crippen molar-refractivity contribution < 1.29 is 22.7 Å². The lowest BCUT2D eigenvalue weighted by Gasteiger charge is -2.21. The molecule has 0 bridgehead atoms. The predicted octanol–water partition coefficient (Wildman–Crippen LogP) is 3.56. The fourth-order valence-electron chi connectivity index (χ4n) is 2.21. The minimum Gasteiger partial charge on any atom is -0.499 e. The molecule has 0 aromatic heterocycles. The first-order chi connectivity index (χ1) is 13.5. The Bertz CT molecular complexity index is 951. The molecule has 7 nitrogen and oxygen atoms in total. The smallest absolute Gasteiger partial charge is 0.424 e. The fraction of sp³-hybridized carbons (Fsp3) is 0.200. The number of amides is 1. The van der Waals surface area contributed by atoms with E-state index in [0.29, 0.717) is 15.4 Å². The van der Waals surface area contributed by atoms with Crippen LogP contribution in [0.5, 0.6) is 0 Å². The van der Waals surface area contributed by atoms with Gasteiger partial charge in [0.1, 0.15) is 18.9 Å². The Hall–Kier alpha value is -3.31. The van der Waals surface area contributed by atoms with Gasteiger partial charge in [-0.3, -0.25) is 0 Å². The van der Waals surface area contributed by atoms with Crippen molar-refractivity contribution in [2.75, 3.05) is 6.61 Å². The molecule has 0 N–H and O–H groups in total. The van der Waals surface area contributed by atoms with Crippen molar-refractivity contribution in [2.45, 2.75) is 20.1 Å². The number of hydrogen-bond donors (Lipinski definition) is 0. The number of carbonyl (C=O) groups is 1. The van der Waals surface area contributed by atoms with E-state index in [2.05, 4.69) is 0 Å². The topological polar surface area (TPSA) is 96.7 Å². The zero-order chi connectivity index (χ0) is 20.4. The molecule has 0 spiro atoms. The van der Waals surface area contributed by atoms with E-state index >= 15 is 0 Å². The van der Waals surface area contributed by atoms with Crippen molar-refractivity contribution in [1.82, 2.24) is 4.31 Å². The van der Waals surface area contributed by atoms with Gasteiger partial charge >= 0.3 is 6.09 Å². The van der Waals surface area contributed by atoms with E-state index in [0.717, 1.165) is 6.26 Å². The van der Waals surface area contributed by atoms with Crippen LogP contribution in [0.2, 0.25) is 0 Å². The highest BCUT2D eigenvalue weighted by atomic mass is 32.2. The van der Waals surface area contributed by atoms with Gasteiger partial charge in [0.25, 0.3) is 10.0 Å². The molecule has 0 unspecified atom stereocenters. The maximum Gasteiger partial charge on any atom is 0.424 e. The molecule has 0 saturated heterocycles. The number of nitriles is 1. The Balaban J connectivity index is 2.30. The first kappa shape index (κ1) is 21.0. The molecule has 2 aromatic rings. The number of hydrogen-bond acceptors (Lipinski definition) is 6. The summed E-state index contributed by atoms with van der Waals surface area (Å²) < 4.78 is 36.4. The van der Waals surface area contributed by atoms with E-state index in [1.54, 1.807) is 67.6 Å². The minimum atomic E-state index is -4.45. The molecule has 2 aromatic carbocycles. The van der Waals surface area contributed by atoms with Crippen LogP contribution in [0.15, 0.2) is 71.8 Å². The second-order valence-electron chi connectivity index (χ2n) is 5.59. The van der Waals surface area contributed by atoms with Crippen molar-refractivity contribution in [1.29, 1.82) is 5.26 Å². The molecule has 0 aliphatic carbocycles. The first-order valence-corrected chi connectivity index (χ1v) is 9.92. The van der Waals surface area contributed by atoms with Crippen LogP contribution in [0.4, 0.5) is 4.79 Å². The highest BCUT2D eigenvalue weighted by Gasteiger charge is 2.33. The van der Waals surface area contributed by atoms with Gasteiger partial charge < -0.3 is 9.47 Å². The van der Waals surface area contributed by atoms with E-state index in [4.69, 9.17) is 9.47 Å². The number of allylic oxidation sites excluding steroid dienone is 1. The van der Waals surface area contributed by atoms with Gasteiger partial charge in [-0.1, -0.05) is 60.7 Å². The van der Waals surface area contributed by atoms with Crippen molar-refractivity contribution in [2.24, 2.45) is 0 Å². The molecule has 0 saturated carbocycles. The number of nitrogens with zero attached hydrogens (tertiary/aromatic N) is 2. The summed E-state index contributed by atoms with van der Waals surface area (Å²) in [5.74, 6) is 0. The Morgan fingerprint density at radius 1 is 1.07 bits per heavy atom. The molecule has 28 heavy (non-hydrogen) atoms. The van der Waals surface area contributed by atoms with E-state index in [-0.39, 0.29) is 19.8 Å². The van der Waals surface area contributed by atoms with E-state index < -0.39 is 21.0 Å². The van der Waals surface area contributed by atoms with Crippen LogP contribution in [-0.2, 0) is 32.6 Å². The molecule has 8 heteroatoms. The lowest BCUT2D eigenvalue weighted by molar-refractivity contribution is 0.118. The van der Waals surface area contributed by atoms with Crippen molar-refractivity contribution >= 4 is 16.1 Å². The molecule has 0 aliphatic heterocycles.